The van der Waals surface area contributed by atoms with Crippen molar-refractivity contribution in [3.8, 4) is 0 Å². The molecule has 2 rings (SSSR count). The van der Waals surface area contributed by atoms with E-state index in [1.165, 1.54) is 0 Å². The molecule has 1 aromatic rings. The molecule has 1 aliphatic rings. The highest BCUT2D eigenvalue weighted by Crippen LogP contribution is 2.34. The Labute approximate surface area is 129 Å². The Hall–Kier alpha value is -0.480. The van der Waals surface area contributed by atoms with E-state index in [1.807, 2.05) is 6.07 Å². The third-order valence-corrected chi connectivity index (χ3v) is 3.87. The summed E-state index contributed by atoms with van der Waals surface area (Å²) in [6.07, 6.45) is 0.656. The molecule has 1 aromatic carbocycles. The molecule has 0 saturated carbocycles. The van der Waals surface area contributed by atoms with Gasteiger partial charge in [0.05, 0.1) is 16.8 Å². The van der Waals surface area contributed by atoms with Crippen LogP contribution in [0.25, 0.3) is 0 Å². The number of halogens is 3. The van der Waals surface area contributed by atoms with E-state index in [-0.39, 0.29) is 24.4 Å². The Balaban J connectivity index is 0.00000180. The molecule has 1 heterocycles. The molecule has 0 saturated heterocycles. The maximum Gasteiger partial charge on any atom is 0.242 e. The van der Waals surface area contributed by atoms with Gasteiger partial charge in [0.1, 0.15) is 0 Å². The molecule has 1 unspecified atom stereocenters. The van der Waals surface area contributed by atoms with Gasteiger partial charge in [-0.25, -0.2) is 0 Å². The number of carbonyl (C=O) groups is 1. The van der Waals surface area contributed by atoms with Crippen LogP contribution in [0.15, 0.2) is 12.1 Å². The van der Waals surface area contributed by atoms with Crippen LogP contribution in [0.4, 0.5) is 5.69 Å². The average molecular weight is 324 g/mol. The molecule has 0 radical (unpaired) electrons. The summed E-state index contributed by atoms with van der Waals surface area (Å²) in [5.41, 5.74) is 1.71. The summed E-state index contributed by atoms with van der Waals surface area (Å²) in [4.78, 5) is 14.2. The monoisotopic (exact) mass is 322 g/mol. The van der Waals surface area contributed by atoms with Crippen LogP contribution < -0.4 is 5.32 Å². The van der Waals surface area contributed by atoms with Gasteiger partial charge in [-0.1, -0.05) is 37.0 Å². The van der Waals surface area contributed by atoms with E-state index < -0.39 is 0 Å². The molecular weight excluding hydrogens is 307 g/mol. The number of amides is 1. The van der Waals surface area contributed by atoms with Gasteiger partial charge in [-0.3, -0.25) is 9.69 Å². The van der Waals surface area contributed by atoms with Crippen molar-refractivity contribution < 1.29 is 4.79 Å². The van der Waals surface area contributed by atoms with Crippen molar-refractivity contribution >= 4 is 47.2 Å². The molecule has 1 aliphatic heterocycles. The van der Waals surface area contributed by atoms with E-state index in [9.17, 15) is 4.79 Å². The normalized spacial score (nSPS) is 17.7. The van der Waals surface area contributed by atoms with Crippen molar-refractivity contribution in [2.45, 2.75) is 26.3 Å². The molecule has 0 aromatic heterocycles. The zero-order valence-corrected chi connectivity index (χ0v) is 13.2. The minimum absolute atomic E-state index is 0. The lowest BCUT2D eigenvalue weighted by Crippen LogP contribution is -2.47. The highest BCUT2D eigenvalue weighted by molar-refractivity contribution is 6.37. The number of likely N-dealkylation sites (N-methyl/N-ethyl adjacent to an activating group) is 1. The highest BCUT2D eigenvalue weighted by Gasteiger charge is 2.31. The lowest BCUT2D eigenvalue weighted by molar-refractivity contribution is -0.121. The molecule has 1 N–H and O–H groups in total. The van der Waals surface area contributed by atoms with Crippen LogP contribution in [0, 0.1) is 0 Å². The third-order valence-electron chi connectivity index (χ3n) is 3.35. The number of hydrogen-bond donors (Lipinski definition) is 1. The van der Waals surface area contributed by atoms with Crippen molar-refractivity contribution in [1.29, 1.82) is 0 Å². The predicted octanol–water partition coefficient (Wildman–Crippen LogP) is 3.62. The van der Waals surface area contributed by atoms with E-state index in [4.69, 9.17) is 23.2 Å². The summed E-state index contributed by atoms with van der Waals surface area (Å²) < 4.78 is 0. The van der Waals surface area contributed by atoms with E-state index in [1.54, 1.807) is 6.07 Å². The van der Waals surface area contributed by atoms with E-state index in [2.05, 4.69) is 24.1 Å². The minimum atomic E-state index is -0.137. The summed E-state index contributed by atoms with van der Waals surface area (Å²) in [6, 6.07) is 3.39. The molecule has 0 bridgehead atoms. The summed E-state index contributed by atoms with van der Waals surface area (Å²) >= 11 is 12.1. The van der Waals surface area contributed by atoms with Crippen LogP contribution in [0.3, 0.4) is 0 Å². The predicted molar refractivity (Wildman–Crippen MR) is 82.8 cm³/mol. The Kier molecular flexibility index (Phi) is 5.93. The summed E-state index contributed by atoms with van der Waals surface area (Å²) in [7, 11) is 0. The quantitative estimate of drug-likeness (QED) is 0.921. The number of anilines is 1. The van der Waals surface area contributed by atoms with Gasteiger partial charge >= 0.3 is 0 Å². The molecule has 6 heteroatoms. The van der Waals surface area contributed by atoms with Gasteiger partial charge in [-0.15, -0.1) is 12.4 Å². The first-order valence-corrected chi connectivity index (χ1v) is 6.85. The van der Waals surface area contributed by atoms with Crippen LogP contribution in [-0.2, 0) is 11.2 Å². The summed E-state index contributed by atoms with van der Waals surface area (Å²) in [5, 5.41) is 3.99. The number of nitrogens with one attached hydrogen (secondary N) is 1. The third kappa shape index (κ3) is 3.34. The second kappa shape index (κ2) is 6.80. The molecular formula is C13H17Cl3N2O. The van der Waals surface area contributed by atoms with Crippen molar-refractivity contribution in [3.05, 3.63) is 27.7 Å². The van der Waals surface area contributed by atoms with E-state index in [0.29, 0.717) is 22.2 Å². The number of fused-ring (bicyclic) bond motifs is 1. The number of rotatable bonds is 3. The lowest BCUT2D eigenvalue weighted by atomic mass is 9.97. The van der Waals surface area contributed by atoms with Crippen molar-refractivity contribution in [2.75, 3.05) is 18.4 Å². The molecule has 0 aliphatic carbocycles. The maximum atomic E-state index is 12.1. The van der Waals surface area contributed by atoms with Gasteiger partial charge < -0.3 is 5.32 Å². The first-order valence-electron chi connectivity index (χ1n) is 6.09. The minimum Gasteiger partial charge on any atom is -0.323 e. The van der Waals surface area contributed by atoms with Crippen LogP contribution in [0.5, 0.6) is 0 Å². The van der Waals surface area contributed by atoms with Crippen molar-refractivity contribution in [1.82, 2.24) is 4.90 Å². The summed E-state index contributed by atoms with van der Waals surface area (Å²) in [6.45, 7) is 5.80. The molecule has 0 fully saturated rings. The Bertz CT molecular complexity index is 475. The second-order valence-electron chi connectivity index (χ2n) is 4.35. The second-order valence-corrected chi connectivity index (χ2v) is 5.20. The fraction of sp³-hybridized carbons (Fsp3) is 0.462. The number of hydrogen-bond acceptors (Lipinski definition) is 2. The zero-order valence-electron chi connectivity index (χ0n) is 10.9. The van der Waals surface area contributed by atoms with Crippen LogP contribution in [-0.4, -0.2) is 29.9 Å². The average Bonchev–Trinajstić information content (AvgIpc) is 2.32. The summed E-state index contributed by atoms with van der Waals surface area (Å²) in [5.74, 6) is 0.00965. The largest absolute Gasteiger partial charge is 0.323 e. The Morgan fingerprint density at radius 1 is 1.32 bits per heavy atom. The van der Waals surface area contributed by atoms with Crippen molar-refractivity contribution in [2.24, 2.45) is 0 Å². The fourth-order valence-corrected chi connectivity index (χ4v) is 2.98. The van der Waals surface area contributed by atoms with Crippen LogP contribution in [0.2, 0.25) is 10.0 Å². The van der Waals surface area contributed by atoms with Crippen LogP contribution in [0.1, 0.15) is 19.4 Å². The standard InChI is InChI=1S/C13H16Cl2N2O.ClH/c1-3-17(4-2)11-6-8-5-9(14)7-10(15)12(8)16-13(11)18;/h5,7,11H,3-4,6H2,1-2H3,(H,16,18);1H. The molecule has 1 amide bonds. The molecule has 19 heavy (non-hydrogen) atoms. The first-order chi connectivity index (χ1) is 8.56. The molecule has 106 valence electrons. The topological polar surface area (TPSA) is 32.3 Å². The van der Waals surface area contributed by atoms with E-state index in [0.717, 1.165) is 18.7 Å². The molecule has 3 nitrogen and oxygen atoms in total. The first kappa shape index (κ1) is 16.6. The zero-order chi connectivity index (χ0) is 13.3. The smallest absolute Gasteiger partial charge is 0.242 e. The SMILES string of the molecule is CCN(CC)C1Cc2cc(Cl)cc(Cl)c2NC1=O.Cl. The maximum absolute atomic E-state index is 12.1. The highest BCUT2D eigenvalue weighted by atomic mass is 35.5. The van der Waals surface area contributed by atoms with E-state index >= 15 is 0 Å². The Morgan fingerprint density at radius 2 is 1.95 bits per heavy atom. The van der Waals surface area contributed by atoms with Crippen LogP contribution >= 0.6 is 35.6 Å². The Morgan fingerprint density at radius 3 is 2.53 bits per heavy atom. The van der Waals surface area contributed by atoms with Gasteiger partial charge in [-0.05, 0) is 37.2 Å². The number of nitrogens with zero attached hydrogens (tertiary/aromatic N) is 1. The molecule has 0 spiro atoms. The number of benzene rings is 1. The van der Waals surface area contributed by atoms with Crippen molar-refractivity contribution in [3.63, 3.8) is 0 Å². The lowest BCUT2D eigenvalue weighted by Gasteiger charge is -2.33. The number of carbonyl (C=O) groups excluding carboxylic acids is 1. The van der Waals surface area contributed by atoms with Gasteiger partial charge in [0.2, 0.25) is 5.91 Å². The van der Waals surface area contributed by atoms with Gasteiger partial charge in [0, 0.05) is 5.02 Å². The fourth-order valence-electron chi connectivity index (χ4n) is 2.39. The van der Waals surface area contributed by atoms with Gasteiger partial charge in [-0.2, -0.15) is 0 Å². The van der Waals surface area contributed by atoms with Gasteiger partial charge in [0.25, 0.3) is 0 Å². The molecule has 1 atom stereocenters. The van der Waals surface area contributed by atoms with Gasteiger partial charge in [0.15, 0.2) is 0 Å².